The van der Waals surface area contributed by atoms with Crippen LogP contribution >= 0.6 is 10.7 Å². The Bertz CT molecular complexity index is 554. The molecule has 1 heterocycles. The first-order valence-electron chi connectivity index (χ1n) is 3.81. The van der Waals surface area contributed by atoms with Gasteiger partial charge in [0.05, 0.1) is 7.11 Å². The Labute approximate surface area is 93.4 Å². The van der Waals surface area contributed by atoms with Gasteiger partial charge in [-0.25, -0.2) is 17.2 Å². The minimum atomic E-state index is -4.30. The molecule has 0 spiro atoms. The fourth-order valence-electron chi connectivity index (χ4n) is 1.05. The van der Waals surface area contributed by atoms with Crippen molar-refractivity contribution in [3.8, 4) is 5.75 Å². The highest BCUT2D eigenvalue weighted by atomic mass is 35.7. The summed E-state index contributed by atoms with van der Waals surface area (Å²) in [5.74, 6) is -0.767. The topological polar surface area (TPSA) is 76.2 Å². The molecule has 16 heavy (non-hydrogen) atoms. The average molecular weight is 274 g/mol. The first-order valence-corrected chi connectivity index (χ1v) is 6.12. The van der Waals surface area contributed by atoms with Crippen LogP contribution in [-0.4, -0.2) is 20.5 Å². The molecule has 1 aromatic heterocycles. The molecule has 0 aliphatic heterocycles. The number of ether oxygens (including phenoxy) is 1. The van der Waals surface area contributed by atoms with E-state index in [2.05, 4.69) is 4.74 Å². The van der Waals surface area contributed by atoms with Gasteiger partial charge in [0.25, 0.3) is 15.5 Å². The van der Waals surface area contributed by atoms with Gasteiger partial charge in [0.2, 0.25) is 5.43 Å². The van der Waals surface area contributed by atoms with Crippen LogP contribution in [0, 0.1) is 0 Å². The van der Waals surface area contributed by atoms with E-state index in [0.717, 1.165) is 7.11 Å². The van der Waals surface area contributed by atoms with Crippen molar-refractivity contribution < 1.29 is 21.9 Å². The van der Waals surface area contributed by atoms with Gasteiger partial charge in [-0.3, -0.25) is 4.79 Å². The van der Waals surface area contributed by atoms with Crippen molar-refractivity contribution in [3.63, 3.8) is 0 Å². The van der Waals surface area contributed by atoms with Crippen molar-refractivity contribution in [2.45, 2.75) is 11.3 Å². The Hall–Kier alpha value is -1.15. The maximum Gasteiger partial charge on any atom is 0.282 e. The average Bonchev–Trinajstić information content (AvgIpc) is 2.14. The molecule has 0 fully saturated rings. The third kappa shape index (κ3) is 2.33. The highest BCUT2D eigenvalue weighted by Gasteiger charge is 2.24. The number of pyridine rings is 1. The molecule has 1 rings (SSSR count). The molecule has 9 heteroatoms. The molecule has 0 aliphatic rings. The third-order valence-corrected chi connectivity index (χ3v) is 3.05. The van der Waals surface area contributed by atoms with E-state index >= 15 is 0 Å². The lowest BCUT2D eigenvalue weighted by Gasteiger charge is -2.07. The van der Waals surface area contributed by atoms with Crippen LogP contribution in [-0.2, 0) is 9.05 Å². The predicted octanol–water partition coefficient (Wildman–Crippen LogP) is 1.25. The zero-order chi connectivity index (χ0) is 12.5. The molecule has 0 saturated carbocycles. The summed E-state index contributed by atoms with van der Waals surface area (Å²) >= 11 is 0. The molecule has 0 saturated heterocycles. The summed E-state index contributed by atoms with van der Waals surface area (Å²) in [6, 6.07) is 0. The Kier molecular flexibility index (Phi) is 3.54. The van der Waals surface area contributed by atoms with E-state index in [0.29, 0.717) is 6.20 Å². The van der Waals surface area contributed by atoms with Gasteiger partial charge >= 0.3 is 0 Å². The minimum absolute atomic E-state index is 0.606. The molecule has 1 N–H and O–H groups in total. The van der Waals surface area contributed by atoms with Gasteiger partial charge < -0.3 is 9.72 Å². The van der Waals surface area contributed by atoms with Crippen LogP contribution in [0.4, 0.5) is 8.78 Å². The minimum Gasteiger partial charge on any atom is -0.491 e. The van der Waals surface area contributed by atoms with Crippen LogP contribution in [0.3, 0.4) is 0 Å². The van der Waals surface area contributed by atoms with Crippen LogP contribution in [0.2, 0.25) is 0 Å². The number of methoxy groups -OCH3 is 1. The molecule has 0 radical (unpaired) electrons. The summed E-state index contributed by atoms with van der Waals surface area (Å²) in [7, 11) is 1.60. The van der Waals surface area contributed by atoms with E-state index in [-0.39, 0.29) is 0 Å². The zero-order valence-electron chi connectivity index (χ0n) is 7.83. The predicted molar refractivity (Wildman–Crippen MR) is 51.6 cm³/mol. The van der Waals surface area contributed by atoms with Gasteiger partial charge in [0, 0.05) is 16.9 Å². The highest BCUT2D eigenvalue weighted by molar-refractivity contribution is 8.13. The normalized spacial score (nSPS) is 11.8. The SMILES string of the molecule is COc1c(C(F)F)[nH]cc(S(=O)(=O)Cl)c1=O. The second-order valence-corrected chi connectivity index (χ2v) is 5.20. The molecule has 0 bridgehead atoms. The summed E-state index contributed by atoms with van der Waals surface area (Å²) in [4.78, 5) is 12.6. The van der Waals surface area contributed by atoms with Gasteiger partial charge in [-0.05, 0) is 0 Å². The monoisotopic (exact) mass is 273 g/mol. The molecule has 1 aromatic rings. The van der Waals surface area contributed by atoms with Gasteiger partial charge in [0.1, 0.15) is 10.6 Å². The molecule has 0 unspecified atom stereocenters. The molecule has 0 amide bonds. The second kappa shape index (κ2) is 4.38. The van der Waals surface area contributed by atoms with Gasteiger partial charge in [0.15, 0.2) is 5.75 Å². The van der Waals surface area contributed by atoms with Crippen molar-refractivity contribution >= 4 is 19.7 Å². The number of hydrogen-bond acceptors (Lipinski definition) is 4. The highest BCUT2D eigenvalue weighted by Crippen LogP contribution is 2.25. The fourth-order valence-corrected chi connectivity index (χ4v) is 1.91. The summed E-state index contributed by atoms with van der Waals surface area (Å²) < 4.78 is 51.0. The number of alkyl halides is 2. The number of H-pyrrole nitrogens is 1. The van der Waals surface area contributed by atoms with E-state index < -0.39 is 37.2 Å². The molecule has 5 nitrogen and oxygen atoms in total. The number of rotatable bonds is 3. The second-order valence-electron chi connectivity index (χ2n) is 2.67. The largest absolute Gasteiger partial charge is 0.491 e. The Balaban J connectivity index is 3.60. The lowest BCUT2D eigenvalue weighted by Crippen LogP contribution is -2.16. The van der Waals surface area contributed by atoms with Crippen LogP contribution in [0.1, 0.15) is 12.1 Å². The molecule has 0 aliphatic carbocycles. The molecule has 0 atom stereocenters. The summed E-state index contributed by atoms with van der Waals surface area (Å²) in [5, 5.41) is 0. The molecule has 90 valence electrons. The van der Waals surface area contributed by atoms with Gasteiger partial charge in [-0.15, -0.1) is 0 Å². The van der Waals surface area contributed by atoms with Crippen molar-refractivity contribution in [3.05, 3.63) is 22.1 Å². The maximum atomic E-state index is 12.4. The first kappa shape index (κ1) is 12.9. The van der Waals surface area contributed by atoms with Crippen LogP contribution in [0.15, 0.2) is 15.9 Å². The molecule has 0 aromatic carbocycles. The standard InChI is InChI=1S/C7H6ClF2NO4S/c1-15-6-4(7(9)10)11-2-3(5(6)12)16(8,13)14/h2,7H,1H3,(H,11,12). The Morgan fingerprint density at radius 2 is 2.06 bits per heavy atom. The van der Waals surface area contributed by atoms with Crippen LogP contribution in [0.5, 0.6) is 5.75 Å². The first-order chi connectivity index (χ1) is 7.29. The summed E-state index contributed by atoms with van der Waals surface area (Å²) in [5.41, 5.74) is -2.00. The summed E-state index contributed by atoms with van der Waals surface area (Å²) in [6.45, 7) is 0. The van der Waals surface area contributed by atoms with Crippen molar-refractivity contribution in [2.24, 2.45) is 0 Å². The van der Waals surface area contributed by atoms with Crippen LogP contribution in [0.25, 0.3) is 0 Å². The quantitative estimate of drug-likeness (QED) is 0.841. The van der Waals surface area contributed by atoms with E-state index in [4.69, 9.17) is 10.7 Å². The molecular formula is C7H6ClF2NO4S. The van der Waals surface area contributed by atoms with E-state index in [9.17, 15) is 22.0 Å². The maximum absolute atomic E-state index is 12.4. The lowest BCUT2D eigenvalue weighted by molar-refractivity contribution is 0.141. The smallest absolute Gasteiger partial charge is 0.282 e. The van der Waals surface area contributed by atoms with E-state index in [1.807, 2.05) is 4.98 Å². The zero-order valence-corrected chi connectivity index (χ0v) is 9.40. The van der Waals surface area contributed by atoms with Gasteiger partial charge in [-0.1, -0.05) is 0 Å². The summed E-state index contributed by atoms with van der Waals surface area (Å²) in [6.07, 6.45) is -2.39. The molecular weight excluding hydrogens is 268 g/mol. The van der Waals surface area contributed by atoms with E-state index in [1.54, 1.807) is 0 Å². The van der Waals surface area contributed by atoms with Crippen molar-refractivity contribution in [1.29, 1.82) is 0 Å². The van der Waals surface area contributed by atoms with E-state index in [1.165, 1.54) is 0 Å². The number of aromatic amines is 1. The lowest BCUT2D eigenvalue weighted by atomic mass is 10.3. The van der Waals surface area contributed by atoms with Crippen molar-refractivity contribution in [1.82, 2.24) is 4.98 Å². The van der Waals surface area contributed by atoms with Gasteiger partial charge in [-0.2, -0.15) is 0 Å². The Morgan fingerprint density at radius 1 is 1.50 bits per heavy atom. The number of hydrogen-bond donors (Lipinski definition) is 1. The number of halogens is 3. The van der Waals surface area contributed by atoms with Crippen LogP contribution < -0.4 is 10.2 Å². The fraction of sp³-hybridized carbons (Fsp3) is 0.286. The number of aromatic nitrogens is 1. The third-order valence-electron chi connectivity index (χ3n) is 1.72. The van der Waals surface area contributed by atoms with Crippen molar-refractivity contribution in [2.75, 3.05) is 7.11 Å². The Morgan fingerprint density at radius 3 is 2.44 bits per heavy atom. The number of nitrogens with one attached hydrogen (secondary N) is 1.